The summed E-state index contributed by atoms with van der Waals surface area (Å²) >= 11 is 3.39. The highest BCUT2D eigenvalue weighted by Crippen LogP contribution is 2.21. The van der Waals surface area contributed by atoms with Crippen LogP contribution in [-0.2, 0) is 6.54 Å². The van der Waals surface area contributed by atoms with E-state index < -0.39 is 0 Å². The molecular weight excluding hydrogens is 289 g/mol. The lowest BCUT2D eigenvalue weighted by molar-refractivity contribution is 0.415. The lowest BCUT2D eigenvalue weighted by Gasteiger charge is -2.17. The van der Waals surface area contributed by atoms with E-state index in [1.54, 1.807) is 6.07 Å². The molecule has 0 spiro atoms. The van der Waals surface area contributed by atoms with Crippen molar-refractivity contribution in [3.8, 4) is 5.75 Å². The van der Waals surface area contributed by atoms with Gasteiger partial charge in [-0.2, -0.15) is 0 Å². The molecule has 0 heterocycles. The van der Waals surface area contributed by atoms with Crippen molar-refractivity contribution in [2.45, 2.75) is 33.4 Å². The summed E-state index contributed by atoms with van der Waals surface area (Å²) in [7, 11) is 0. The number of rotatable bonds is 4. The first-order valence-corrected chi connectivity index (χ1v) is 6.00. The topological polar surface area (TPSA) is 32.3 Å². The summed E-state index contributed by atoms with van der Waals surface area (Å²) in [4.78, 5) is 0. The molecule has 0 saturated heterocycles. The van der Waals surface area contributed by atoms with Gasteiger partial charge in [0, 0.05) is 22.6 Å². The third kappa shape index (κ3) is 4.73. The van der Waals surface area contributed by atoms with E-state index in [0.717, 1.165) is 10.0 Å². The molecule has 1 atom stereocenters. The van der Waals surface area contributed by atoms with Crippen molar-refractivity contribution >= 4 is 28.3 Å². The number of nitrogens with one attached hydrogen (secondary N) is 1. The molecule has 1 aromatic rings. The molecule has 0 saturated carbocycles. The van der Waals surface area contributed by atoms with Crippen molar-refractivity contribution in [2.75, 3.05) is 0 Å². The van der Waals surface area contributed by atoms with Crippen LogP contribution >= 0.6 is 28.3 Å². The summed E-state index contributed by atoms with van der Waals surface area (Å²) < 4.78 is 0.995. The first kappa shape index (κ1) is 15.8. The third-order valence-corrected chi connectivity index (χ3v) is 3.15. The van der Waals surface area contributed by atoms with Gasteiger partial charge in [-0.3, -0.25) is 0 Å². The van der Waals surface area contributed by atoms with Crippen molar-refractivity contribution in [1.29, 1.82) is 0 Å². The molecule has 0 aliphatic carbocycles. The SMILES string of the molecule is CC(C)C(C)NCc1cc(Br)ccc1O.Cl. The predicted octanol–water partition coefficient (Wildman–Crippen LogP) is 3.71. The standard InChI is InChI=1S/C12H18BrNO.ClH/c1-8(2)9(3)14-7-10-6-11(13)4-5-12(10)15;/h4-6,8-9,14-15H,7H2,1-3H3;1H. The minimum Gasteiger partial charge on any atom is -0.508 e. The van der Waals surface area contributed by atoms with Gasteiger partial charge in [0.15, 0.2) is 0 Å². The number of hydrogen-bond donors (Lipinski definition) is 2. The molecule has 1 rings (SSSR count). The Labute approximate surface area is 112 Å². The lowest BCUT2D eigenvalue weighted by Crippen LogP contribution is -2.30. The van der Waals surface area contributed by atoms with E-state index in [1.165, 1.54) is 0 Å². The highest BCUT2D eigenvalue weighted by molar-refractivity contribution is 9.10. The Morgan fingerprint density at radius 1 is 1.31 bits per heavy atom. The number of aromatic hydroxyl groups is 1. The smallest absolute Gasteiger partial charge is 0.120 e. The quantitative estimate of drug-likeness (QED) is 0.888. The van der Waals surface area contributed by atoms with Crippen LogP contribution in [0.15, 0.2) is 22.7 Å². The predicted molar refractivity (Wildman–Crippen MR) is 74.2 cm³/mol. The molecule has 92 valence electrons. The van der Waals surface area contributed by atoms with E-state index in [2.05, 4.69) is 42.0 Å². The first-order valence-electron chi connectivity index (χ1n) is 5.21. The average Bonchev–Trinajstić information content (AvgIpc) is 2.18. The largest absolute Gasteiger partial charge is 0.508 e. The summed E-state index contributed by atoms with van der Waals surface area (Å²) in [5.41, 5.74) is 0.928. The van der Waals surface area contributed by atoms with Crippen LogP contribution in [0.2, 0.25) is 0 Å². The van der Waals surface area contributed by atoms with E-state index in [4.69, 9.17) is 0 Å². The molecule has 16 heavy (non-hydrogen) atoms. The van der Waals surface area contributed by atoms with Crippen LogP contribution in [-0.4, -0.2) is 11.1 Å². The number of phenols is 1. The third-order valence-electron chi connectivity index (χ3n) is 2.66. The molecule has 0 fully saturated rings. The molecular formula is C12H19BrClNO. The summed E-state index contributed by atoms with van der Waals surface area (Å²) in [6.07, 6.45) is 0. The van der Waals surface area contributed by atoms with Gasteiger partial charge in [0.1, 0.15) is 5.75 Å². The fourth-order valence-corrected chi connectivity index (χ4v) is 1.61. The Hall–Kier alpha value is -0.250. The molecule has 0 bridgehead atoms. The highest BCUT2D eigenvalue weighted by atomic mass is 79.9. The average molecular weight is 309 g/mol. The molecule has 2 N–H and O–H groups in total. The molecule has 2 nitrogen and oxygen atoms in total. The van der Waals surface area contributed by atoms with Gasteiger partial charge < -0.3 is 10.4 Å². The molecule has 1 aromatic carbocycles. The summed E-state index contributed by atoms with van der Waals surface area (Å²) in [5, 5.41) is 13.0. The van der Waals surface area contributed by atoms with E-state index in [1.807, 2.05) is 12.1 Å². The van der Waals surface area contributed by atoms with Gasteiger partial charge in [-0.05, 0) is 31.0 Å². The summed E-state index contributed by atoms with van der Waals surface area (Å²) in [6.45, 7) is 7.21. The minimum absolute atomic E-state index is 0. The Kier molecular flexibility index (Phi) is 7.04. The van der Waals surface area contributed by atoms with Gasteiger partial charge in [-0.25, -0.2) is 0 Å². The summed E-state index contributed by atoms with van der Waals surface area (Å²) in [5.74, 6) is 0.945. The van der Waals surface area contributed by atoms with E-state index >= 15 is 0 Å². The number of phenolic OH excluding ortho intramolecular Hbond substituents is 1. The van der Waals surface area contributed by atoms with Gasteiger partial charge >= 0.3 is 0 Å². The monoisotopic (exact) mass is 307 g/mol. The van der Waals surface area contributed by atoms with E-state index in [-0.39, 0.29) is 12.4 Å². The maximum absolute atomic E-state index is 9.63. The van der Waals surface area contributed by atoms with E-state index in [0.29, 0.717) is 24.3 Å². The second-order valence-corrected chi connectivity index (χ2v) is 5.10. The van der Waals surface area contributed by atoms with E-state index in [9.17, 15) is 5.11 Å². The number of halogens is 2. The van der Waals surface area contributed by atoms with Crippen molar-refractivity contribution < 1.29 is 5.11 Å². The second kappa shape index (κ2) is 7.15. The van der Waals surface area contributed by atoms with Crippen LogP contribution in [0.5, 0.6) is 5.75 Å². The Balaban J connectivity index is 0.00000225. The lowest BCUT2D eigenvalue weighted by atomic mass is 10.1. The van der Waals surface area contributed by atoms with Crippen LogP contribution in [0.25, 0.3) is 0 Å². The fraction of sp³-hybridized carbons (Fsp3) is 0.500. The van der Waals surface area contributed by atoms with Gasteiger partial charge in [-0.1, -0.05) is 29.8 Å². The van der Waals surface area contributed by atoms with Crippen LogP contribution in [0, 0.1) is 5.92 Å². The molecule has 0 aliphatic heterocycles. The van der Waals surface area contributed by atoms with Crippen LogP contribution in [0.4, 0.5) is 0 Å². The number of hydrogen-bond acceptors (Lipinski definition) is 2. The Morgan fingerprint density at radius 2 is 1.94 bits per heavy atom. The van der Waals surface area contributed by atoms with Crippen LogP contribution in [0.3, 0.4) is 0 Å². The van der Waals surface area contributed by atoms with Crippen molar-refractivity contribution in [3.05, 3.63) is 28.2 Å². The normalized spacial score (nSPS) is 12.3. The van der Waals surface area contributed by atoms with Gasteiger partial charge in [0.2, 0.25) is 0 Å². The molecule has 4 heteroatoms. The Morgan fingerprint density at radius 3 is 2.50 bits per heavy atom. The van der Waals surface area contributed by atoms with Crippen molar-refractivity contribution in [1.82, 2.24) is 5.32 Å². The fourth-order valence-electron chi connectivity index (χ4n) is 1.20. The van der Waals surface area contributed by atoms with Crippen LogP contribution in [0.1, 0.15) is 26.3 Å². The van der Waals surface area contributed by atoms with Gasteiger partial charge in [0.05, 0.1) is 0 Å². The molecule has 0 amide bonds. The molecule has 0 radical (unpaired) electrons. The zero-order valence-corrected chi connectivity index (χ0v) is 12.2. The van der Waals surface area contributed by atoms with Gasteiger partial charge in [-0.15, -0.1) is 12.4 Å². The van der Waals surface area contributed by atoms with Crippen molar-refractivity contribution in [2.24, 2.45) is 5.92 Å². The second-order valence-electron chi connectivity index (χ2n) is 4.19. The Bertz CT molecular complexity index is 331. The molecule has 0 aliphatic rings. The molecule has 0 aromatic heterocycles. The minimum atomic E-state index is 0. The number of benzene rings is 1. The van der Waals surface area contributed by atoms with Crippen molar-refractivity contribution in [3.63, 3.8) is 0 Å². The molecule has 1 unspecified atom stereocenters. The van der Waals surface area contributed by atoms with Gasteiger partial charge in [0.25, 0.3) is 0 Å². The van der Waals surface area contributed by atoms with Crippen LogP contribution < -0.4 is 5.32 Å². The summed E-state index contributed by atoms with van der Waals surface area (Å²) in [6, 6.07) is 5.93. The highest BCUT2D eigenvalue weighted by Gasteiger charge is 2.07. The maximum Gasteiger partial charge on any atom is 0.120 e. The maximum atomic E-state index is 9.63. The zero-order valence-electron chi connectivity index (χ0n) is 9.83. The zero-order chi connectivity index (χ0) is 11.4. The first-order chi connectivity index (χ1) is 7.00.